The molecule has 0 bridgehead atoms. The number of allylic oxidation sites excluding steroid dienone is 2. The van der Waals surface area contributed by atoms with Crippen LogP contribution in [0.3, 0.4) is 0 Å². The summed E-state index contributed by atoms with van der Waals surface area (Å²) in [7, 11) is 0. The SMILES string of the molecule is CC1=C(C(=O)Nc2ccccc2)[C@H](c2cccc3ccccc23)N2C(=N1)SC(C#N)=C2N. The molecular weight excluding hydrogens is 418 g/mol. The van der Waals surface area contributed by atoms with Gasteiger partial charge in [0.25, 0.3) is 5.91 Å². The van der Waals surface area contributed by atoms with Crippen LogP contribution in [0.25, 0.3) is 10.8 Å². The third-order valence-electron chi connectivity index (χ3n) is 5.57. The second kappa shape index (κ2) is 7.91. The molecule has 0 aromatic heterocycles. The van der Waals surface area contributed by atoms with E-state index in [-0.39, 0.29) is 5.91 Å². The summed E-state index contributed by atoms with van der Waals surface area (Å²) >= 11 is 1.23. The number of nitrogens with one attached hydrogen (secondary N) is 1. The summed E-state index contributed by atoms with van der Waals surface area (Å²) in [4.78, 5) is 20.4. The van der Waals surface area contributed by atoms with Gasteiger partial charge in [0.2, 0.25) is 0 Å². The smallest absolute Gasteiger partial charge is 0.255 e. The minimum Gasteiger partial charge on any atom is -0.383 e. The lowest BCUT2D eigenvalue weighted by Gasteiger charge is -2.35. The average molecular weight is 438 g/mol. The standard InChI is InChI=1S/C25H19N5OS/c1-15-21(24(31)29-17-10-3-2-4-11-17)22(30-23(27)20(14-26)32-25(30)28-15)19-13-7-9-16-8-5-6-12-18(16)19/h2-13,22H,27H2,1H3,(H,29,31)/t22-/m0/s1. The number of aliphatic imine (C=N–C) groups is 1. The summed E-state index contributed by atoms with van der Waals surface area (Å²) in [5, 5.41) is 15.2. The van der Waals surface area contributed by atoms with Gasteiger partial charge in [-0.3, -0.25) is 9.69 Å². The second-order valence-electron chi connectivity index (χ2n) is 7.48. The third-order valence-corrected chi connectivity index (χ3v) is 6.55. The number of hydrogen-bond acceptors (Lipinski definition) is 6. The zero-order valence-corrected chi connectivity index (χ0v) is 18.1. The quantitative estimate of drug-likeness (QED) is 0.610. The van der Waals surface area contributed by atoms with Crippen molar-refractivity contribution in [1.29, 1.82) is 5.26 Å². The Kier molecular flexibility index (Phi) is 4.92. The number of para-hydroxylation sites is 1. The number of nitriles is 1. The van der Waals surface area contributed by atoms with Crippen LogP contribution in [-0.4, -0.2) is 16.0 Å². The number of benzene rings is 3. The molecule has 0 unspecified atom stereocenters. The van der Waals surface area contributed by atoms with Crippen molar-refractivity contribution in [3.05, 3.63) is 100 Å². The van der Waals surface area contributed by atoms with Crippen LogP contribution >= 0.6 is 11.8 Å². The highest BCUT2D eigenvalue weighted by Gasteiger charge is 2.42. The molecule has 6 nitrogen and oxygen atoms in total. The van der Waals surface area contributed by atoms with Gasteiger partial charge >= 0.3 is 0 Å². The van der Waals surface area contributed by atoms with Crippen molar-refractivity contribution >= 4 is 39.3 Å². The molecule has 0 fully saturated rings. The van der Waals surface area contributed by atoms with E-state index in [0.717, 1.165) is 16.3 Å². The first-order valence-electron chi connectivity index (χ1n) is 10.1. The predicted molar refractivity (Wildman–Crippen MR) is 128 cm³/mol. The highest BCUT2D eigenvalue weighted by molar-refractivity contribution is 8.17. The number of thioether (sulfide) groups is 1. The van der Waals surface area contributed by atoms with Gasteiger partial charge in [-0.05, 0) is 47.2 Å². The molecule has 156 valence electrons. The number of nitrogens with zero attached hydrogens (tertiary/aromatic N) is 3. The minimum atomic E-state index is -0.518. The highest BCUT2D eigenvalue weighted by Crippen LogP contribution is 2.46. The fraction of sp³-hybridized carbons (Fsp3) is 0.0800. The largest absolute Gasteiger partial charge is 0.383 e. The summed E-state index contributed by atoms with van der Waals surface area (Å²) in [6.07, 6.45) is 0. The van der Waals surface area contributed by atoms with Crippen molar-refractivity contribution in [2.24, 2.45) is 10.7 Å². The normalized spacial score (nSPS) is 17.8. The second-order valence-corrected chi connectivity index (χ2v) is 8.46. The Morgan fingerprint density at radius 2 is 1.81 bits per heavy atom. The molecule has 5 rings (SSSR count). The van der Waals surface area contributed by atoms with Crippen LogP contribution in [0, 0.1) is 11.3 Å². The monoisotopic (exact) mass is 437 g/mol. The van der Waals surface area contributed by atoms with E-state index in [0.29, 0.717) is 32.9 Å². The fourth-order valence-electron chi connectivity index (χ4n) is 4.13. The molecule has 3 N–H and O–H groups in total. The Morgan fingerprint density at radius 3 is 2.59 bits per heavy atom. The molecule has 2 aliphatic heterocycles. The summed E-state index contributed by atoms with van der Waals surface area (Å²) in [5.41, 5.74) is 9.12. The summed E-state index contributed by atoms with van der Waals surface area (Å²) in [6, 6.07) is 25.0. The molecule has 1 atom stereocenters. The maximum absolute atomic E-state index is 13.6. The van der Waals surface area contributed by atoms with Gasteiger partial charge in [0.15, 0.2) is 5.17 Å². The van der Waals surface area contributed by atoms with Gasteiger partial charge in [-0.15, -0.1) is 0 Å². The van der Waals surface area contributed by atoms with Crippen molar-refractivity contribution < 1.29 is 4.79 Å². The van der Waals surface area contributed by atoms with Gasteiger partial charge in [-0.25, -0.2) is 4.99 Å². The Labute approximate surface area is 189 Å². The molecule has 32 heavy (non-hydrogen) atoms. The summed E-state index contributed by atoms with van der Waals surface area (Å²) < 4.78 is 0. The van der Waals surface area contributed by atoms with E-state index in [1.807, 2.05) is 79.7 Å². The molecular formula is C25H19N5OS. The molecule has 2 heterocycles. The van der Waals surface area contributed by atoms with E-state index in [9.17, 15) is 10.1 Å². The van der Waals surface area contributed by atoms with Gasteiger partial charge in [-0.1, -0.05) is 60.7 Å². The molecule has 0 aliphatic carbocycles. The molecule has 3 aromatic carbocycles. The number of hydrogen-bond donors (Lipinski definition) is 2. The van der Waals surface area contributed by atoms with Gasteiger partial charge in [0, 0.05) is 5.69 Å². The molecule has 0 saturated heterocycles. The van der Waals surface area contributed by atoms with Crippen LogP contribution < -0.4 is 11.1 Å². The molecule has 7 heteroatoms. The van der Waals surface area contributed by atoms with Crippen molar-refractivity contribution in [2.75, 3.05) is 5.32 Å². The van der Waals surface area contributed by atoms with Crippen molar-refractivity contribution in [2.45, 2.75) is 13.0 Å². The topological polar surface area (TPSA) is 94.5 Å². The Hall–Kier alpha value is -4.02. The minimum absolute atomic E-state index is 0.252. The van der Waals surface area contributed by atoms with Crippen LogP contribution in [0.2, 0.25) is 0 Å². The Morgan fingerprint density at radius 1 is 1.09 bits per heavy atom. The first-order chi connectivity index (χ1) is 15.6. The number of amidine groups is 1. The number of anilines is 1. The Bertz CT molecular complexity index is 1380. The van der Waals surface area contributed by atoms with E-state index in [1.54, 1.807) is 4.90 Å². The predicted octanol–water partition coefficient (Wildman–Crippen LogP) is 4.86. The molecule has 0 radical (unpaired) electrons. The molecule has 3 aromatic rings. The highest BCUT2D eigenvalue weighted by atomic mass is 32.2. The van der Waals surface area contributed by atoms with E-state index < -0.39 is 6.04 Å². The van der Waals surface area contributed by atoms with E-state index >= 15 is 0 Å². The maximum Gasteiger partial charge on any atom is 0.255 e. The first kappa shape index (κ1) is 19.9. The first-order valence-corrected chi connectivity index (χ1v) is 10.9. The van der Waals surface area contributed by atoms with Gasteiger partial charge < -0.3 is 11.1 Å². The number of carbonyl (C=O) groups is 1. The number of amides is 1. The van der Waals surface area contributed by atoms with Crippen molar-refractivity contribution in [3.8, 4) is 6.07 Å². The van der Waals surface area contributed by atoms with Gasteiger partial charge in [0.05, 0.1) is 17.3 Å². The number of fused-ring (bicyclic) bond motifs is 2. The number of rotatable bonds is 3. The molecule has 0 spiro atoms. The number of carbonyl (C=O) groups excluding carboxylic acids is 1. The van der Waals surface area contributed by atoms with Crippen LogP contribution in [0.15, 0.2) is 99.8 Å². The van der Waals surface area contributed by atoms with Gasteiger partial charge in [-0.2, -0.15) is 5.26 Å². The van der Waals surface area contributed by atoms with Crippen LogP contribution in [0.5, 0.6) is 0 Å². The molecule has 0 saturated carbocycles. The van der Waals surface area contributed by atoms with Crippen LogP contribution in [-0.2, 0) is 4.79 Å². The lowest BCUT2D eigenvalue weighted by atomic mass is 9.90. The van der Waals surface area contributed by atoms with Crippen LogP contribution in [0.1, 0.15) is 18.5 Å². The van der Waals surface area contributed by atoms with Crippen molar-refractivity contribution in [1.82, 2.24) is 4.90 Å². The fourth-order valence-corrected chi connectivity index (χ4v) is 5.05. The van der Waals surface area contributed by atoms with Crippen molar-refractivity contribution in [3.63, 3.8) is 0 Å². The molecule has 2 aliphatic rings. The zero-order valence-electron chi connectivity index (χ0n) is 17.2. The lowest BCUT2D eigenvalue weighted by Crippen LogP contribution is -2.39. The van der Waals surface area contributed by atoms with E-state index in [4.69, 9.17) is 5.73 Å². The maximum atomic E-state index is 13.6. The van der Waals surface area contributed by atoms with E-state index in [1.165, 1.54) is 11.8 Å². The summed E-state index contributed by atoms with van der Waals surface area (Å²) in [6.45, 7) is 1.82. The van der Waals surface area contributed by atoms with Crippen LogP contribution in [0.4, 0.5) is 5.69 Å². The Balaban J connectivity index is 1.70. The summed E-state index contributed by atoms with van der Waals surface area (Å²) in [5.74, 6) is 0.0596. The zero-order chi connectivity index (χ0) is 22.2. The van der Waals surface area contributed by atoms with E-state index in [2.05, 4.69) is 16.4 Å². The molecule has 1 amide bonds. The number of nitrogens with two attached hydrogens (primary N) is 1. The lowest BCUT2D eigenvalue weighted by molar-refractivity contribution is -0.113. The average Bonchev–Trinajstić information content (AvgIpc) is 3.13. The van der Waals surface area contributed by atoms with Gasteiger partial charge in [0.1, 0.15) is 16.8 Å². The third kappa shape index (κ3) is 3.22.